The fourth-order valence-electron chi connectivity index (χ4n) is 2.36. The van der Waals surface area contributed by atoms with Crippen molar-refractivity contribution in [2.24, 2.45) is 0 Å². The van der Waals surface area contributed by atoms with Crippen molar-refractivity contribution >= 4 is 6.08 Å². The maximum atomic E-state index is 2.32. The molecule has 0 unspecified atom stereocenters. The molecule has 0 fully saturated rings. The molecule has 106 valence electrons. The van der Waals surface area contributed by atoms with Crippen molar-refractivity contribution in [1.82, 2.24) is 0 Å². The molecule has 0 aliphatic carbocycles. The van der Waals surface area contributed by atoms with E-state index in [9.17, 15) is 0 Å². The normalized spacial score (nSPS) is 11.2. The van der Waals surface area contributed by atoms with E-state index in [1.807, 2.05) is 0 Å². The minimum Gasteiger partial charge on any atom is -0.0839 e. The van der Waals surface area contributed by atoms with Crippen molar-refractivity contribution in [3.05, 3.63) is 42.0 Å². The first-order valence-electron chi connectivity index (χ1n) is 8.15. The van der Waals surface area contributed by atoms with Crippen LogP contribution in [0.3, 0.4) is 0 Å². The fourth-order valence-corrected chi connectivity index (χ4v) is 2.36. The van der Waals surface area contributed by atoms with E-state index in [1.54, 1.807) is 0 Å². The average molecular weight is 258 g/mol. The van der Waals surface area contributed by atoms with Gasteiger partial charge in [-0.05, 0) is 18.4 Å². The van der Waals surface area contributed by atoms with Crippen molar-refractivity contribution < 1.29 is 0 Å². The van der Waals surface area contributed by atoms with Crippen LogP contribution in [0.4, 0.5) is 0 Å². The second kappa shape index (κ2) is 12.0. The van der Waals surface area contributed by atoms with E-state index in [-0.39, 0.29) is 0 Å². The summed E-state index contributed by atoms with van der Waals surface area (Å²) in [5, 5.41) is 0. The Morgan fingerprint density at radius 2 is 1.32 bits per heavy atom. The molecule has 0 amide bonds. The summed E-state index contributed by atoms with van der Waals surface area (Å²) in [5.74, 6) is 0. The van der Waals surface area contributed by atoms with Gasteiger partial charge in [-0.1, -0.05) is 101 Å². The third kappa shape index (κ3) is 9.53. The third-order valence-electron chi connectivity index (χ3n) is 3.58. The molecular formula is C19H30. The van der Waals surface area contributed by atoms with Gasteiger partial charge >= 0.3 is 0 Å². The average Bonchev–Trinajstić information content (AvgIpc) is 2.46. The first-order chi connectivity index (χ1) is 9.43. The Labute approximate surface area is 119 Å². The maximum Gasteiger partial charge on any atom is -0.0260 e. The van der Waals surface area contributed by atoms with Gasteiger partial charge in [0.15, 0.2) is 0 Å². The molecule has 19 heavy (non-hydrogen) atoms. The highest BCUT2D eigenvalue weighted by Gasteiger charge is 1.91. The Balaban J connectivity index is 1.87. The standard InChI is InChI=1S/C19H30/c1-2-3-4-5-6-7-8-9-10-11-13-16-19-17-14-12-15-18-19/h12-18H,2-11H2,1H3. The maximum absolute atomic E-state index is 2.32. The van der Waals surface area contributed by atoms with Crippen molar-refractivity contribution in [3.63, 3.8) is 0 Å². The summed E-state index contributed by atoms with van der Waals surface area (Å²) in [5.41, 5.74) is 1.32. The van der Waals surface area contributed by atoms with E-state index in [0.29, 0.717) is 0 Å². The molecule has 1 aromatic carbocycles. The van der Waals surface area contributed by atoms with Gasteiger partial charge in [0.05, 0.1) is 0 Å². The molecule has 0 atom stereocenters. The lowest BCUT2D eigenvalue weighted by molar-refractivity contribution is 0.566. The predicted molar refractivity (Wildman–Crippen MR) is 87.3 cm³/mol. The van der Waals surface area contributed by atoms with Crippen LogP contribution in [0.25, 0.3) is 6.08 Å². The van der Waals surface area contributed by atoms with E-state index in [2.05, 4.69) is 49.4 Å². The molecule has 0 aromatic heterocycles. The van der Waals surface area contributed by atoms with Crippen molar-refractivity contribution in [3.8, 4) is 0 Å². The highest BCUT2D eigenvalue weighted by Crippen LogP contribution is 2.11. The van der Waals surface area contributed by atoms with Crippen LogP contribution in [0.1, 0.15) is 76.7 Å². The summed E-state index contributed by atoms with van der Waals surface area (Å²) in [6, 6.07) is 10.6. The van der Waals surface area contributed by atoms with E-state index >= 15 is 0 Å². The number of benzene rings is 1. The third-order valence-corrected chi connectivity index (χ3v) is 3.58. The molecule has 0 bridgehead atoms. The smallest absolute Gasteiger partial charge is 0.0260 e. The van der Waals surface area contributed by atoms with Gasteiger partial charge in [-0.15, -0.1) is 0 Å². The zero-order valence-electron chi connectivity index (χ0n) is 12.6. The molecule has 0 spiro atoms. The van der Waals surface area contributed by atoms with Crippen LogP contribution in [0.15, 0.2) is 36.4 Å². The second-order valence-electron chi connectivity index (χ2n) is 5.43. The van der Waals surface area contributed by atoms with Crippen LogP contribution in [0.5, 0.6) is 0 Å². The zero-order chi connectivity index (χ0) is 13.6. The minimum atomic E-state index is 1.23. The molecule has 0 aliphatic heterocycles. The number of rotatable bonds is 11. The zero-order valence-corrected chi connectivity index (χ0v) is 12.6. The van der Waals surface area contributed by atoms with Gasteiger partial charge in [0, 0.05) is 0 Å². The molecule has 0 aliphatic rings. The molecule has 0 saturated heterocycles. The highest BCUT2D eigenvalue weighted by molar-refractivity contribution is 5.48. The summed E-state index contributed by atoms with van der Waals surface area (Å²) in [6.07, 6.45) is 18.5. The Hall–Kier alpha value is -1.04. The quantitative estimate of drug-likeness (QED) is 0.391. The van der Waals surface area contributed by atoms with Crippen LogP contribution in [-0.2, 0) is 0 Å². The molecule has 1 aromatic rings. The summed E-state index contributed by atoms with van der Waals surface area (Å²) in [6.45, 7) is 2.28. The van der Waals surface area contributed by atoms with E-state index in [0.717, 1.165) is 0 Å². The monoisotopic (exact) mass is 258 g/mol. The Morgan fingerprint density at radius 3 is 1.95 bits per heavy atom. The lowest BCUT2D eigenvalue weighted by Gasteiger charge is -2.00. The van der Waals surface area contributed by atoms with Gasteiger partial charge in [-0.2, -0.15) is 0 Å². The summed E-state index contributed by atoms with van der Waals surface area (Å²) < 4.78 is 0. The Morgan fingerprint density at radius 1 is 0.737 bits per heavy atom. The number of allylic oxidation sites excluding steroid dienone is 1. The summed E-state index contributed by atoms with van der Waals surface area (Å²) in [7, 11) is 0. The SMILES string of the molecule is CCCCCCCCCCCC=Cc1ccccc1. The summed E-state index contributed by atoms with van der Waals surface area (Å²) in [4.78, 5) is 0. The molecule has 0 N–H and O–H groups in total. The van der Waals surface area contributed by atoms with Crippen LogP contribution in [-0.4, -0.2) is 0 Å². The highest BCUT2D eigenvalue weighted by atomic mass is 14.0. The van der Waals surface area contributed by atoms with Gasteiger partial charge in [-0.3, -0.25) is 0 Å². The Bertz CT molecular complexity index is 310. The molecule has 0 nitrogen and oxygen atoms in total. The van der Waals surface area contributed by atoms with E-state index in [1.165, 1.54) is 69.8 Å². The van der Waals surface area contributed by atoms with Crippen molar-refractivity contribution in [2.45, 2.75) is 71.1 Å². The van der Waals surface area contributed by atoms with Gasteiger partial charge in [0.25, 0.3) is 0 Å². The Kier molecular flexibility index (Phi) is 10.1. The lowest BCUT2D eigenvalue weighted by atomic mass is 10.1. The minimum absolute atomic E-state index is 1.23. The van der Waals surface area contributed by atoms with Gasteiger partial charge < -0.3 is 0 Å². The van der Waals surface area contributed by atoms with Crippen molar-refractivity contribution in [1.29, 1.82) is 0 Å². The summed E-state index contributed by atoms with van der Waals surface area (Å²) >= 11 is 0. The first kappa shape index (κ1) is 16.0. The molecule has 0 heterocycles. The second-order valence-corrected chi connectivity index (χ2v) is 5.43. The van der Waals surface area contributed by atoms with Crippen LogP contribution >= 0.6 is 0 Å². The fraction of sp³-hybridized carbons (Fsp3) is 0.579. The largest absolute Gasteiger partial charge is 0.0839 e. The van der Waals surface area contributed by atoms with Crippen LogP contribution < -0.4 is 0 Å². The van der Waals surface area contributed by atoms with Crippen LogP contribution in [0, 0.1) is 0 Å². The molecule has 1 rings (SSSR count). The van der Waals surface area contributed by atoms with Gasteiger partial charge in [0.2, 0.25) is 0 Å². The van der Waals surface area contributed by atoms with E-state index < -0.39 is 0 Å². The van der Waals surface area contributed by atoms with Gasteiger partial charge in [0.1, 0.15) is 0 Å². The number of hydrogen-bond acceptors (Lipinski definition) is 0. The van der Waals surface area contributed by atoms with Crippen molar-refractivity contribution in [2.75, 3.05) is 0 Å². The number of unbranched alkanes of at least 4 members (excludes halogenated alkanes) is 9. The number of hydrogen-bond donors (Lipinski definition) is 0. The van der Waals surface area contributed by atoms with E-state index in [4.69, 9.17) is 0 Å². The topological polar surface area (TPSA) is 0 Å². The molecular weight excluding hydrogens is 228 g/mol. The first-order valence-corrected chi connectivity index (χ1v) is 8.15. The molecule has 0 radical (unpaired) electrons. The predicted octanol–water partition coefficient (Wildman–Crippen LogP) is 6.62. The van der Waals surface area contributed by atoms with Crippen LogP contribution in [0.2, 0.25) is 0 Å². The molecule has 0 saturated carbocycles. The lowest BCUT2D eigenvalue weighted by Crippen LogP contribution is -1.80. The molecule has 0 heteroatoms. The van der Waals surface area contributed by atoms with Gasteiger partial charge in [-0.25, -0.2) is 0 Å².